The van der Waals surface area contributed by atoms with Gasteiger partial charge in [0, 0.05) is 26.2 Å². The number of ether oxygens (including phenoxy) is 1. The molecule has 0 atom stereocenters. The molecule has 0 N–H and O–H groups in total. The summed E-state index contributed by atoms with van der Waals surface area (Å²) in [6, 6.07) is 12.4. The number of carbonyl (C=O) groups is 1. The van der Waals surface area contributed by atoms with Gasteiger partial charge in [0.1, 0.15) is 5.75 Å². The van der Waals surface area contributed by atoms with E-state index in [4.69, 9.17) is 16.3 Å². The maximum atomic E-state index is 13.0. The van der Waals surface area contributed by atoms with Crippen LogP contribution in [0.1, 0.15) is 11.1 Å². The molecule has 28 heavy (non-hydrogen) atoms. The number of hydrogen-bond acceptors (Lipinski definition) is 4. The first-order valence-corrected chi connectivity index (χ1v) is 10.8. The summed E-state index contributed by atoms with van der Waals surface area (Å²) >= 11 is 6.02. The van der Waals surface area contributed by atoms with Crippen LogP contribution in [0.25, 0.3) is 0 Å². The Labute approximate surface area is 170 Å². The number of amides is 1. The SMILES string of the molecule is Cc1ccc(C)c(S(=O)(=O)N2CCN(C(=O)COc3ccccc3Cl)CC2)c1. The number of benzene rings is 2. The summed E-state index contributed by atoms with van der Waals surface area (Å²) in [6.45, 7) is 4.70. The first-order valence-electron chi connectivity index (χ1n) is 9.01. The molecule has 0 bridgehead atoms. The summed E-state index contributed by atoms with van der Waals surface area (Å²) in [7, 11) is -3.58. The van der Waals surface area contributed by atoms with E-state index >= 15 is 0 Å². The van der Waals surface area contributed by atoms with E-state index in [0.29, 0.717) is 28.8 Å². The molecule has 0 aliphatic carbocycles. The van der Waals surface area contributed by atoms with Crippen LogP contribution in [0, 0.1) is 13.8 Å². The van der Waals surface area contributed by atoms with Gasteiger partial charge in [-0.15, -0.1) is 0 Å². The molecule has 1 fully saturated rings. The Morgan fingerprint density at radius 3 is 2.43 bits per heavy atom. The highest BCUT2D eigenvalue weighted by atomic mass is 35.5. The molecule has 0 radical (unpaired) electrons. The molecule has 0 unspecified atom stereocenters. The van der Waals surface area contributed by atoms with Crippen molar-refractivity contribution in [2.45, 2.75) is 18.7 Å². The minimum absolute atomic E-state index is 0.131. The number of sulfonamides is 1. The lowest BCUT2D eigenvalue weighted by atomic mass is 10.2. The van der Waals surface area contributed by atoms with Crippen LogP contribution in [0.15, 0.2) is 47.4 Å². The van der Waals surface area contributed by atoms with Gasteiger partial charge in [0.2, 0.25) is 10.0 Å². The molecule has 1 aliphatic heterocycles. The van der Waals surface area contributed by atoms with E-state index in [2.05, 4.69) is 0 Å². The van der Waals surface area contributed by atoms with Crippen molar-refractivity contribution >= 4 is 27.5 Å². The van der Waals surface area contributed by atoms with Gasteiger partial charge in [-0.25, -0.2) is 8.42 Å². The van der Waals surface area contributed by atoms with Crippen molar-refractivity contribution in [3.63, 3.8) is 0 Å². The van der Waals surface area contributed by atoms with E-state index in [-0.39, 0.29) is 25.6 Å². The first kappa shape index (κ1) is 20.6. The van der Waals surface area contributed by atoms with Gasteiger partial charge in [-0.3, -0.25) is 4.79 Å². The Bertz CT molecular complexity index is 970. The molecule has 1 aliphatic rings. The number of halogens is 1. The molecule has 0 spiro atoms. The lowest BCUT2D eigenvalue weighted by molar-refractivity contribution is -0.134. The molecule has 3 rings (SSSR count). The van der Waals surface area contributed by atoms with E-state index in [1.54, 1.807) is 42.2 Å². The lowest BCUT2D eigenvalue weighted by Gasteiger charge is -2.34. The highest BCUT2D eigenvalue weighted by Crippen LogP contribution is 2.24. The van der Waals surface area contributed by atoms with Gasteiger partial charge in [0.25, 0.3) is 5.91 Å². The van der Waals surface area contributed by atoms with Crippen molar-refractivity contribution in [1.82, 2.24) is 9.21 Å². The fourth-order valence-corrected chi connectivity index (χ4v) is 5.02. The number of rotatable bonds is 5. The third-order valence-electron chi connectivity index (χ3n) is 4.74. The summed E-state index contributed by atoms with van der Waals surface area (Å²) < 4.78 is 32.9. The summed E-state index contributed by atoms with van der Waals surface area (Å²) in [5.74, 6) is 0.261. The molecule has 2 aromatic rings. The van der Waals surface area contributed by atoms with Crippen molar-refractivity contribution in [3.05, 3.63) is 58.6 Å². The molecule has 1 saturated heterocycles. The van der Waals surface area contributed by atoms with E-state index in [9.17, 15) is 13.2 Å². The van der Waals surface area contributed by atoms with Crippen LogP contribution >= 0.6 is 11.6 Å². The van der Waals surface area contributed by atoms with Gasteiger partial charge in [-0.2, -0.15) is 4.31 Å². The zero-order chi connectivity index (χ0) is 20.3. The first-order chi connectivity index (χ1) is 13.3. The van der Waals surface area contributed by atoms with Gasteiger partial charge in [-0.05, 0) is 43.2 Å². The van der Waals surface area contributed by atoms with Gasteiger partial charge in [0.15, 0.2) is 6.61 Å². The second kappa shape index (κ2) is 8.51. The number of aryl methyl sites for hydroxylation is 2. The van der Waals surface area contributed by atoms with Crippen molar-refractivity contribution < 1.29 is 17.9 Å². The number of hydrogen-bond donors (Lipinski definition) is 0. The summed E-state index contributed by atoms with van der Waals surface area (Å²) in [5.41, 5.74) is 1.62. The standard InChI is InChI=1S/C20H23ClN2O4S/c1-15-7-8-16(2)19(13-15)28(25,26)23-11-9-22(10-12-23)20(24)14-27-18-6-4-3-5-17(18)21/h3-8,13H,9-12,14H2,1-2H3. The number of piperazine rings is 1. The topological polar surface area (TPSA) is 66.9 Å². The molecule has 0 saturated carbocycles. The predicted octanol–water partition coefficient (Wildman–Crippen LogP) is 2.87. The number of carbonyl (C=O) groups excluding carboxylic acids is 1. The molecule has 1 amide bonds. The van der Waals surface area contributed by atoms with Crippen LogP contribution in [-0.4, -0.2) is 56.3 Å². The maximum absolute atomic E-state index is 13.0. The highest BCUT2D eigenvalue weighted by molar-refractivity contribution is 7.89. The zero-order valence-corrected chi connectivity index (χ0v) is 17.5. The highest BCUT2D eigenvalue weighted by Gasteiger charge is 2.31. The van der Waals surface area contributed by atoms with Crippen molar-refractivity contribution in [3.8, 4) is 5.75 Å². The third kappa shape index (κ3) is 4.48. The molecule has 2 aromatic carbocycles. The molecule has 150 valence electrons. The normalized spacial score (nSPS) is 15.5. The fraction of sp³-hybridized carbons (Fsp3) is 0.350. The average Bonchev–Trinajstić information content (AvgIpc) is 2.69. The monoisotopic (exact) mass is 422 g/mol. The quantitative estimate of drug-likeness (QED) is 0.743. The number of para-hydroxylation sites is 1. The van der Waals surface area contributed by atoms with Crippen LogP contribution in [0.4, 0.5) is 0 Å². The van der Waals surface area contributed by atoms with E-state index < -0.39 is 10.0 Å². The van der Waals surface area contributed by atoms with Gasteiger partial charge in [0.05, 0.1) is 9.92 Å². The minimum Gasteiger partial charge on any atom is -0.482 e. The Morgan fingerprint density at radius 1 is 1.07 bits per heavy atom. The summed E-state index contributed by atoms with van der Waals surface area (Å²) in [4.78, 5) is 14.3. The second-order valence-electron chi connectivity index (χ2n) is 6.77. The maximum Gasteiger partial charge on any atom is 0.260 e. The van der Waals surface area contributed by atoms with Gasteiger partial charge < -0.3 is 9.64 Å². The second-order valence-corrected chi connectivity index (χ2v) is 9.09. The van der Waals surface area contributed by atoms with Crippen LogP contribution in [0.5, 0.6) is 5.75 Å². The summed E-state index contributed by atoms with van der Waals surface area (Å²) in [6.07, 6.45) is 0. The largest absolute Gasteiger partial charge is 0.482 e. The smallest absolute Gasteiger partial charge is 0.260 e. The molecular weight excluding hydrogens is 400 g/mol. The van der Waals surface area contributed by atoms with Crippen LogP contribution < -0.4 is 4.74 Å². The Morgan fingerprint density at radius 2 is 1.75 bits per heavy atom. The van der Waals surface area contributed by atoms with E-state index in [0.717, 1.165) is 11.1 Å². The van der Waals surface area contributed by atoms with Crippen LogP contribution in [0.3, 0.4) is 0 Å². The predicted molar refractivity (Wildman–Crippen MR) is 108 cm³/mol. The number of nitrogens with zero attached hydrogens (tertiary/aromatic N) is 2. The Balaban J connectivity index is 1.60. The minimum atomic E-state index is -3.58. The molecule has 6 nitrogen and oxygen atoms in total. The lowest BCUT2D eigenvalue weighted by Crippen LogP contribution is -2.51. The van der Waals surface area contributed by atoms with Crippen molar-refractivity contribution in [2.24, 2.45) is 0 Å². The third-order valence-corrected chi connectivity index (χ3v) is 7.09. The zero-order valence-electron chi connectivity index (χ0n) is 15.9. The van der Waals surface area contributed by atoms with Crippen molar-refractivity contribution in [1.29, 1.82) is 0 Å². The molecule has 0 aromatic heterocycles. The Kier molecular flexibility index (Phi) is 6.27. The molecule has 1 heterocycles. The fourth-order valence-electron chi connectivity index (χ4n) is 3.09. The average molecular weight is 423 g/mol. The molecule has 8 heteroatoms. The summed E-state index contributed by atoms with van der Waals surface area (Å²) in [5, 5.41) is 0.444. The van der Waals surface area contributed by atoms with E-state index in [1.165, 1.54) is 4.31 Å². The van der Waals surface area contributed by atoms with Crippen LogP contribution in [-0.2, 0) is 14.8 Å². The van der Waals surface area contributed by atoms with Crippen LogP contribution in [0.2, 0.25) is 5.02 Å². The van der Waals surface area contributed by atoms with Gasteiger partial charge >= 0.3 is 0 Å². The van der Waals surface area contributed by atoms with Crippen molar-refractivity contribution in [2.75, 3.05) is 32.8 Å². The molecular formula is C20H23ClN2O4S. The van der Waals surface area contributed by atoms with E-state index in [1.807, 2.05) is 19.1 Å². The Hall–Kier alpha value is -2.09. The van der Waals surface area contributed by atoms with Gasteiger partial charge in [-0.1, -0.05) is 35.9 Å².